The van der Waals surface area contributed by atoms with Crippen molar-refractivity contribution in [3.63, 3.8) is 0 Å². The molecule has 104 valence electrons. The Labute approximate surface area is 127 Å². The Morgan fingerprint density at radius 3 is 2.90 bits per heavy atom. The lowest BCUT2D eigenvalue weighted by atomic mass is 10.2. The first-order valence-electron chi connectivity index (χ1n) is 6.64. The average Bonchev–Trinajstić information content (AvgIpc) is 3.21. The third-order valence-electron chi connectivity index (χ3n) is 3.37. The van der Waals surface area contributed by atoms with Gasteiger partial charge < -0.3 is 5.32 Å². The minimum Gasteiger partial charge on any atom is -0.351 e. The van der Waals surface area contributed by atoms with Gasteiger partial charge in [0.05, 0.1) is 17.3 Å². The SMILES string of the molecule is Cc1nc(-c2ccccc2Cl)sc1CNC(=O)C1CC1. The fraction of sp³-hybridized carbons (Fsp3) is 0.333. The number of hydrogen-bond donors (Lipinski definition) is 1. The van der Waals surface area contributed by atoms with Crippen molar-refractivity contribution in [2.24, 2.45) is 5.92 Å². The van der Waals surface area contributed by atoms with Gasteiger partial charge in [-0.1, -0.05) is 29.8 Å². The number of carbonyl (C=O) groups excluding carboxylic acids is 1. The van der Waals surface area contributed by atoms with E-state index >= 15 is 0 Å². The molecule has 0 saturated heterocycles. The summed E-state index contributed by atoms with van der Waals surface area (Å²) in [6.07, 6.45) is 2.05. The summed E-state index contributed by atoms with van der Waals surface area (Å²) in [5, 5.41) is 4.59. The molecular formula is C15H15ClN2OS. The molecule has 0 aliphatic heterocycles. The summed E-state index contributed by atoms with van der Waals surface area (Å²) in [6.45, 7) is 2.53. The third kappa shape index (κ3) is 2.86. The largest absolute Gasteiger partial charge is 0.351 e. The van der Waals surface area contributed by atoms with Crippen LogP contribution < -0.4 is 5.32 Å². The molecule has 1 amide bonds. The Bertz CT molecular complexity index is 649. The summed E-state index contributed by atoms with van der Waals surface area (Å²) >= 11 is 7.79. The highest BCUT2D eigenvalue weighted by Gasteiger charge is 2.29. The van der Waals surface area contributed by atoms with E-state index in [1.54, 1.807) is 11.3 Å². The molecule has 5 heteroatoms. The Morgan fingerprint density at radius 1 is 1.45 bits per heavy atom. The average molecular weight is 307 g/mol. The van der Waals surface area contributed by atoms with Crippen LogP contribution in [0.5, 0.6) is 0 Å². The van der Waals surface area contributed by atoms with Gasteiger partial charge >= 0.3 is 0 Å². The van der Waals surface area contributed by atoms with Gasteiger partial charge in [-0.2, -0.15) is 0 Å². The number of hydrogen-bond acceptors (Lipinski definition) is 3. The molecule has 2 aromatic rings. The van der Waals surface area contributed by atoms with Crippen molar-refractivity contribution < 1.29 is 4.79 Å². The molecule has 20 heavy (non-hydrogen) atoms. The van der Waals surface area contributed by atoms with Gasteiger partial charge in [0, 0.05) is 16.4 Å². The van der Waals surface area contributed by atoms with Gasteiger partial charge in [0.1, 0.15) is 5.01 Å². The van der Waals surface area contributed by atoms with Crippen LogP contribution in [-0.4, -0.2) is 10.9 Å². The van der Waals surface area contributed by atoms with Gasteiger partial charge in [0.2, 0.25) is 5.91 Å². The lowest BCUT2D eigenvalue weighted by molar-refractivity contribution is -0.122. The quantitative estimate of drug-likeness (QED) is 0.933. The normalized spacial score (nSPS) is 14.3. The number of rotatable bonds is 4. The van der Waals surface area contributed by atoms with Gasteiger partial charge in [-0.15, -0.1) is 11.3 Å². The first-order valence-corrected chi connectivity index (χ1v) is 7.83. The van der Waals surface area contributed by atoms with E-state index < -0.39 is 0 Å². The molecule has 0 radical (unpaired) electrons. The van der Waals surface area contributed by atoms with Crippen molar-refractivity contribution in [2.45, 2.75) is 26.3 Å². The van der Waals surface area contributed by atoms with Crippen LogP contribution in [0.1, 0.15) is 23.4 Å². The molecule has 3 rings (SSSR count). The lowest BCUT2D eigenvalue weighted by Gasteiger charge is -2.02. The standard InChI is InChI=1S/C15H15ClN2OS/c1-9-13(8-17-14(19)10-6-7-10)20-15(18-9)11-4-2-3-5-12(11)16/h2-5,10H,6-8H2,1H3,(H,17,19). The highest BCUT2D eigenvalue weighted by Crippen LogP contribution is 2.33. The zero-order valence-electron chi connectivity index (χ0n) is 11.1. The Balaban J connectivity index is 1.76. The number of aromatic nitrogens is 1. The fourth-order valence-electron chi connectivity index (χ4n) is 2.00. The number of benzene rings is 1. The minimum absolute atomic E-state index is 0.164. The molecule has 1 aliphatic carbocycles. The molecule has 0 unspecified atom stereocenters. The van der Waals surface area contributed by atoms with Gasteiger partial charge in [-0.3, -0.25) is 4.79 Å². The second-order valence-corrected chi connectivity index (χ2v) is 6.49. The summed E-state index contributed by atoms with van der Waals surface area (Å²) in [5.41, 5.74) is 1.91. The van der Waals surface area contributed by atoms with E-state index in [1.807, 2.05) is 31.2 Å². The number of carbonyl (C=O) groups is 1. The molecule has 1 fully saturated rings. The second kappa shape index (κ2) is 5.54. The molecular weight excluding hydrogens is 292 g/mol. The van der Waals surface area contributed by atoms with E-state index in [0.717, 1.165) is 34.0 Å². The van der Waals surface area contributed by atoms with Crippen molar-refractivity contribution in [2.75, 3.05) is 0 Å². The maximum absolute atomic E-state index is 11.7. The van der Waals surface area contributed by atoms with E-state index in [0.29, 0.717) is 11.6 Å². The van der Waals surface area contributed by atoms with Crippen molar-refractivity contribution in [3.05, 3.63) is 39.9 Å². The van der Waals surface area contributed by atoms with Crippen molar-refractivity contribution in [3.8, 4) is 10.6 Å². The van der Waals surface area contributed by atoms with Crippen molar-refractivity contribution in [1.82, 2.24) is 10.3 Å². The van der Waals surface area contributed by atoms with Crippen molar-refractivity contribution >= 4 is 28.8 Å². The van der Waals surface area contributed by atoms with Crippen LogP contribution in [-0.2, 0) is 11.3 Å². The Hall–Kier alpha value is -1.39. The zero-order valence-corrected chi connectivity index (χ0v) is 12.7. The van der Waals surface area contributed by atoms with Crippen molar-refractivity contribution in [1.29, 1.82) is 0 Å². The monoisotopic (exact) mass is 306 g/mol. The maximum atomic E-state index is 11.7. The first-order chi connectivity index (χ1) is 9.65. The van der Waals surface area contributed by atoms with Gasteiger partial charge in [-0.25, -0.2) is 4.98 Å². The predicted molar refractivity (Wildman–Crippen MR) is 81.9 cm³/mol. The van der Waals surface area contributed by atoms with E-state index in [1.165, 1.54) is 0 Å². The fourth-order valence-corrected chi connectivity index (χ4v) is 3.32. The summed E-state index contributed by atoms with van der Waals surface area (Å²) in [7, 11) is 0. The van der Waals surface area contributed by atoms with Crippen LogP contribution in [0.25, 0.3) is 10.6 Å². The van der Waals surface area contributed by atoms with E-state index in [2.05, 4.69) is 10.3 Å². The molecule has 0 atom stereocenters. The smallest absolute Gasteiger partial charge is 0.223 e. The predicted octanol–water partition coefficient (Wildman–Crippen LogP) is 3.80. The topological polar surface area (TPSA) is 42.0 Å². The van der Waals surface area contributed by atoms with Crippen LogP contribution in [0.3, 0.4) is 0 Å². The summed E-state index contributed by atoms with van der Waals surface area (Å²) in [5.74, 6) is 0.406. The minimum atomic E-state index is 0.164. The molecule has 1 aromatic carbocycles. The highest BCUT2D eigenvalue weighted by atomic mass is 35.5. The number of halogens is 1. The Kier molecular flexibility index (Phi) is 3.76. The number of thiazole rings is 1. The Morgan fingerprint density at radius 2 is 2.20 bits per heavy atom. The third-order valence-corrected chi connectivity index (χ3v) is 4.89. The zero-order chi connectivity index (χ0) is 14.1. The second-order valence-electron chi connectivity index (χ2n) is 5.00. The molecule has 1 saturated carbocycles. The van der Waals surface area contributed by atoms with Crippen LogP contribution in [0.4, 0.5) is 0 Å². The summed E-state index contributed by atoms with van der Waals surface area (Å²) in [4.78, 5) is 17.3. The van der Waals surface area contributed by atoms with Crippen LogP contribution >= 0.6 is 22.9 Å². The number of nitrogens with one attached hydrogen (secondary N) is 1. The molecule has 0 spiro atoms. The highest BCUT2D eigenvalue weighted by molar-refractivity contribution is 7.15. The van der Waals surface area contributed by atoms with Gasteiger partial charge in [-0.05, 0) is 25.8 Å². The summed E-state index contributed by atoms with van der Waals surface area (Å²) in [6, 6.07) is 7.69. The lowest BCUT2D eigenvalue weighted by Crippen LogP contribution is -2.23. The van der Waals surface area contributed by atoms with E-state index in [-0.39, 0.29) is 11.8 Å². The van der Waals surface area contributed by atoms with Crippen LogP contribution in [0.2, 0.25) is 5.02 Å². The molecule has 3 nitrogen and oxygen atoms in total. The van der Waals surface area contributed by atoms with E-state index in [4.69, 9.17) is 11.6 Å². The molecule has 1 aliphatic rings. The molecule has 1 N–H and O–H groups in total. The summed E-state index contributed by atoms with van der Waals surface area (Å²) < 4.78 is 0. The van der Waals surface area contributed by atoms with Gasteiger partial charge in [0.25, 0.3) is 0 Å². The van der Waals surface area contributed by atoms with Crippen LogP contribution in [0, 0.1) is 12.8 Å². The molecule has 1 aromatic heterocycles. The number of aryl methyl sites for hydroxylation is 1. The number of nitrogens with zero attached hydrogens (tertiary/aromatic N) is 1. The van der Waals surface area contributed by atoms with Gasteiger partial charge in [0.15, 0.2) is 0 Å². The van der Waals surface area contributed by atoms with E-state index in [9.17, 15) is 4.79 Å². The van der Waals surface area contributed by atoms with Crippen LogP contribution in [0.15, 0.2) is 24.3 Å². The molecule has 1 heterocycles. The maximum Gasteiger partial charge on any atom is 0.223 e. The first kappa shape index (κ1) is 13.6. The number of amides is 1. The molecule has 0 bridgehead atoms.